The van der Waals surface area contributed by atoms with Crippen LogP contribution in [0.15, 0.2) is 54.9 Å². The van der Waals surface area contributed by atoms with Crippen LogP contribution in [0.3, 0.4) is 0 Å². The number of benzene rings is 1. The van der Waals surface area contributed by atoms with Crippen molar-refractivity contribution in [2.24, 2.45) is 5.84 Å². The molecular formula is C13H15N3. The van der Waals surface area contributed by atoms with Gasteiger partial charge in [0.15, 0.2) is 0 Å². The minimum Gasteiger partial charge on any atom is -0.271 e. The molecule has 1 unspecified atom stereocenters. The molecule has 1 atom stereocenters. The van der Waals surface area contributed by atoms with Crippen molar-refractivity contribution in [1.29, 1.82) is 0 Å². The number of nitrogens with two attached hydrogens (primary N) is 1. The normalized spacial score (nSPS) is 12.3. The van der Waals surface area contributed by atoms with Gasteiger partial charge in [0.25, 0.3) is 0 Å². The van der Waals surface area contributed by atoms with E-state index in [4.69, 9.17) is 5.84 Å². The number of hydrogen-bond donors (Lipinski definition) is 2. The van der Waals surface area contributed by atoms with Crippen molar-refractivity contribution in [3.05, 3.63) is 66.0 Å². The first-order valence-corrected chi connectivity index (χ1v) is 5.30. The summed E-state index contributed by atoms with van der Waals surface area (Å²) >= 11 is 0. The molecule has 3 N–H and O–H groups in total. The molecule has 2 aromatic rings. The van der Waals surface area contributed by atoms with E-state index >= 15 is 0 Å². The quantitative estimate of drug-likeness (QED) is 0.601. The maximum Gasteiger partial charge on any atom is 0.0515 e. The zero-order valence-corrected chi connectivity index (χ0v) is 9.01. The number of hydrazine groups is 1. The van der Waals surface area contributed by atoms with Crippen LogP contribution in [0, 0.1) is 0 Å². The summed E-state index contributed by atoms with van der Waals surface area (Å²) in [5.74, 6) is 5.57. The summed E-state index contributed by atoms with van der Waals surface area (Å²) in [5.41, 5.74) is 5.19. The molecule has 3 nitrogen and oxygen atoms in total. The van der Waals surface area contributed by atoms with Crippen LogP contribution < -0.4 is 11.3 Å². The number of aromatic nitrogens is 1. The molecule has 0 saturated carbocycles. The molecular weight excluding hydrogens is 198 g/mol. The van der Waals surface area contributed by atoms with Gasteiger partial charge in [0, 0.05) is 12.4 Å². The zero-order valence-electron chi connectivity index (χ0n) is 9.01. The van der Waals surface area contributed by atoms with Crippen molar-refractivity contribution in [2.75, 3.05) is 0 Å². The van der Waals surface area contributed by atoms with Crippen LogP contribution in [-0.4, -0.2) is 4.98 Å². The van der Waals surface area contributed by atoms with E-state index in [1.807, 2.05) is 36.5 Å². The summed E-state index contributed by atoms with van der Waals surface area (Å²) in [6, 6.07) is 14.3. The highest BCUT2D eigenvalue weighted by Gasteiger charge is 2.09. The molecule has 0 saturated heterocycles. The maximum atomic E-state index is 5.57. The molecule has 0 aliphatic carbocycles. The van der Waals surface area contributed by atoms with Gasteiger partial charge in [-0.25, -0.2) is 0 Å². The van der Waals surface area contributed by atoms with Crippen LogP contribution in [-0.2, 0) is 6.42 Å². The number of nitrogens with zero attached hydrogens (tertiary/aromatic N) is 1. The van der Waals surface area contributed by atoms with Gasteiger partial charge in [-0.05, 0) is 23.6 Å². The van der Waals surface area contributed by atoms with Gasteiger partial charge >= 0.3 is 0 Å². The molecule has 0 aliphatic heterocycles. The highest BCUT2D eigenvalue weighted by atomic mass is 15.2. The number of rotatable bonds is 4. The topological polar surface area (TPSA) is 50.9 Å². The summed E-state index contributed by atoms with van der Waals surface area (Å²) in [6.07, 6.45) is 4.47. The average Bonchev–Trinajstić information content (AvgIpc) is 2.38. The van der Waals surface area contributed by atoms with Crippen LogP contribution in [0.1, 0.15) is 17.2 Å². The summed E-state index contributed by atoms with van der Waals surface area (Å²) in [7, 11) is 0. The minimum absolute atomic E-state index is 0.107. The Morgan fingerprint density at radius 2 is 1.94 bits per heavy atom. The first-order chi connectivity index (χ1) is 7.90. The molecule has 0 spiro atoms. The summed E-state index contributed by atoms with van der Waals surface area (Å²) in [5, 5.41) is 0. The van der Waals surface area contributed by atoms with E-state index in [1.165, 1.54) is 5.56 Å². The Morgan fingerprint density at radius 1 is 1.12 bits per heavy atom. The summed E-state index contributed by atoms with van der Waals surface area (Å²) < 4.78 is 0. The van der Waals surface area contributed by atoms with Crippen LogP contribution in [0.2, 0.25) is 0 Å². The second kappa shape index (κ2) is 5.39. The maximum absolute atomic E-state index is 5.57. The van der Waals surface area contributed by atoms with Crippen molar-refractivity contribution >= 4 is 0 Å². The fourth-order valence-corrected chi connectivity index (χ4v) is 1.70. The molecule has 0 radical (unpaired) electrons. The van der Waals surface area contributed by atoms with Crippen LogP contribution in [0.25, 0.3) is 0 Å². The van der Waals surface area contributed by atoms with Crippen LogP contribution >= 0.6 is 0 Å². The zero-order chi connectivity index (χ0) is 11.2. The van der Waals surface area contributed by atoms with E-state index in [0.29, 0.717) is 0 Å². The second-order valence-corrected chi connectivity index (χ2v) is 3.70. The van der Waals surface area contributed by atoms with E-state index in [1.54, 1.807) is 6.20 Å². The van der Waals surface area contributed by atoms with Gasteiger partial charge in [-0.15, -0.1) is 0 Å². The van der Waals surface area contributed by atoms with Crippen LogP contribution in [0.5, 0.6) is 0 Å². The summed E-state index contributed by atoms with van der Waals surface area (Å²) in [6.45, 7) is 0. The van der Waals surface area contributed by atoms with Crippen molar-refractivity contribution in [2.45, 2.75) is 12.5 Å². The Morgan fingerprint density at radius 3 is 2.56 bits per heavy atom. The second-order valence-electron chi connectivity index (χ2n) is 3.70. The van der Waals surface area contributed by atoms with Gasteiger partial charge in [0.1, 0.15) is 0 Å². The number of hydrogen-bond acceptors (Lipinski definition) is 3. The standard InChI is InChI=1S/C13H15N3/c14-16-13(12-7-4-8-15-10-12)9-11-5-2-1-3-6-11/h1-8,10,13,16H,9,14H2. The van der Waals surface area contributed by atoms with Gasteiger partial charge in [0.2, 0.25) is 0 Å². The molecule has 3 heteroatoms. The predicted octanol–water partition coefficient (Wildman–Crippen LogP) is 1.83. The lowest BCUT2D eigenvalue weighted by atomic mass is 10.0. The molecule has 2 rings (SSSR count). The lowest BCUT2D eigenvalue weighted by molar-refractivity contribution is 0.550. The smallest absolute Gasteiger partial charge is 0.0515 e. The van der Waals surface area contributed by atoms with Crippen molar-refractivity contribution in [3.8, 4) is 0 Å². The van der Waals surface area contributed by atoms with Crippen LogP contribution in [0.4, 0.5) is 0 Å². The molecule has 0 aliphatic rings. The van der Waals surface area contributed by atoms with Crippen molar-refractivity contribution < 1.29 is 0 Å². The van der Waals surface area contributed by atoms with Gasteiger partial charge in [0.05, 0.1) is 6.04 Å². The minimum atomic E-state index is 0.107. The Balaban J connectivity index is 2.13. The number of nitrogens with one attached hydrogen (secondary N) is 1. The van der Waals surface area contributed by atoms with Gasteiger partial charge in [-0.1, -0.05) is 36.4 Å². The van der Waals surface area contributed by atoms with E-state index < -0.39 is 0 Å². The number of pyridine rings is 1. The van der Waals surface area contributed by atoms with E-state index in [0.717, 1.165) is 12.0 Å². The van der Waals surface area contributed by atoms with E-state index in [9.17, 15) is 0 Å². The molecule has 0 amide bonds. The fraction of sp³-hybridized carbons (Fsp3) is 0.154. The SMILES string of the molecule is NNC(Cc1ccccc1)c1cccnc1. The third-order valence-electron chi connectivity index (χ3n) is 2.57. The monoisotopic (exact) mass is 213 g/mol. The Kier molecular flexibility index (Phi) is 3.64. The third kappa shape index (κ3) is 2.66. The first kappa shape index (κ1) is 10.8. The Bertz CT molecular complexity index is 414. The summed E-state index contributed by atoms with van der Waals surface area (Å²) in [4.78, 5) is 4.10. The molecule has 16 heavy (non-hydrogen) atoms. The van der Waals surface area contributed by atoms with E-state index in [-0.39, 0.29) is 6.04 Å². The molecule has 1 aromatic heterocycles. The lowest BCUT2D eigenvalue weighted by Gasteiger charge is -2.15. The molecule has 0 bridgehead atoms. The largest absolute Gasteiger partial charge is 0.271 e. The Hall–Kier alpha value is -1.71. The predicted molar refractivity (Wildman–Crippen MR) is 64.4 cm³/mol. The lowest BCUT2D eigenvalue weighted by Crippen LogP contribution is -2.29. The average molecular weight is 213 g/mol. The van der Waals surface area contributed by atoms with Crippen molar-refractivity contribution in [1.82, 2.24) is 10.4 Å². The molecule has 1 heterocycles. The highest BCUT2D eigenvalue weighted by Crippen LogP contribution is 2.16. The third-order valence-corrected chi connectivity index (χ3v) is 2.57. The fourth-order valence-electron chi connectivity index (χ4n) is 1.70. The molecule has 1 aromatic carbocycles. The van der Waals surface area contributed by atoms with Crippen molar-refractivity contribution in [3.63, 3.8) is 0 Å². The highest BCUT2D eigenvalue weighted by molar-refractivity contribution is 5.21. The first-order valence-electron chi connectivity index (χ1n) is 5.30. The van der Waals surface area contributed by atoms with Gasteiger partial charge < -0.3 is 0 Å². The molecule has 0 fully saturated rings. The van der Waals surface area contributed by atoms with Gasteiger partial charge in [-0.3, -0.25) is 16.3 Å². The Labute approximate surface area is 95.3 Å². The van der Waals surface area contributed by atoms with Gasteiger partial charge in [-0.2, -0.15) is 0 Å². The molecule has 82 valence electrons. The van der Waals surface area contributed by atoms with E-state index in [2.05, 4.69) is 22.5 Å².